The second-order valence-electron chi connectivity index (χ2n) is 8.18. The molecule has 2 heterocycles. The highest BCUT2D eigenvalue weighted by Gasteiger charge is 2.18. The summed E-state index contributed by atoms with van der Waals surface area (Å²) in [5.74, 6) is 1.07. The number of carbonyl (C=O) groups excluding carboxylic acids is 1. The molecule has 0 saturated carbocycles. The SMILES string of the molecule is CCOC(=O)CCc1ccc(-c2noc(-c3ccc(OC(C)C)c(C#N)c3)n2)c2c1ccn2C. The lowest BCUT2D eigenvalue weighted by Crippen LogP contribution is -2.06. The highest BCUT2D eigenvalue weighted by Crippen LogP contribution is 2.33. The van der Waals surface area contributed by atoms with E-state index in [2.05, 4.69) is 16.2 Å². The first-order valence-electron chi connectivity index (χ1n) is 11.2. The van der Waals surface area contributed by atoms with Crippen molar-refractivity contribution < 1.29 is 18.8 Å². The molecule has 0 radical (unpaired) electrons. The standard InChI is InChI=1S/C26H26N4O4/c1-5-32-23(31)11-8-17-6-9-21(24-20(17)12-13-30(24)4)25-28-26(34-29-25)18-7-10-22(33-16(2)3)19(14-18)15-27/h6-7,9-10,12-14,16H,5,8,11H2,1-4H3. The second kappa shape index (κ2) is 9.79. The van der Waals surface area contributed by atoms with E-state index in [-0.39, 0.29) is 12.1 Å². The highest BCUT2D eigenvalue weighted by molar-refractivity contribution is 5.95. The minimum atomic E-state index is -0.208. The maximum atomic E-state index is 11.8. The van der Waals surface area contributed by atoms with Crippen LogP contribution in [0.3, 0.4) is 0 Å². The number of hydrogen-bond acceptors (Lipinski definition) is 7. The number of hydrogen-bond donors (Lipinski definition) is 0. The highest BCUT2D eigenvalue weighted by atomic mass is 16.5. The van der Waals surface area contributed by atoms with E-state index >= 15 is 0 Å². The van der Waals surface area contributed by atoms with Crippen LogP contribution in [0.2, 0.25) is 0 Å². The molecular weight excluding hydrogens is 432 g/mol. The summed E-state index contributed by atoms with van der Waals surface area (Å²) in [6.45, 7) is 6.00. The summed E-state index contributed by atoms with van der Waals surface area (Å²) >= 11 is 0. The number of rotatable bonds is 8. The zero-order chi connectivity index (χ0) is 24.2. The molecule has 0 atom stereocenters. The van der Waals surface area contributed by atoms with Crippen molar-refractivity contribution in [2.24, 2.45) is 7.05 Å². The van der Waals surface area contributed by atoms with Crippen LogP contribution in [-0.2, 0) is 23.0 Å². The van der Waals surface area contributed by atoms with Gasteiger partial charge in [-0.25, -0.2) is 0 Å². The Morgan fingerprint density at radius 2 is 2.06 bits per heavy atom. The summed E-state index contributed by atoms with van der Waals surface area (Å²) in [6, 6.07) is 13.3. The molecule has 0 fully saturated rings. The molecule has 0 aliphatic carbocycles. The van der Waals surface area contributed by atoms with Crippen LogP contribution in [0.25, 0.3) is 33.7 Å². The Morgan fingerprint density at radius 1 is 1.24 bits per heavy atom. The Kier molecular flexibility index (Phi) is 6.64. The van der Waals surface area contributed by atoms with Crippen molar-refractivity contribution in [2.45, 2.75) is 39.7 Å². The fourth-order valence-electron chi connectivity index (χ4n) is 3.90. The average Bonchev–Trinajstić information content (AvgIpc) is 3.46. The van der Waals surface area contributed by atoms with Crippen LogP contribution < -0.4 is 4.74 Å². The summed E-state index contributed by atoms with van der Waals surface area (Å²) in [5.41, 5.74) is 3.86. The van der Waals surface area contributed by atoms with Crippen LogP contribution in [0.5, 0.6) is 5.75 Å². The molecule has 8 heteroatoms. The fraction of sp³-hybridized carbons (Fsp3) is 0.308. The fourth-order valence-corrected chi connectivity index (χ4v) is 3.90. The van der Waals surface area contributed by atoms with Crippen molar-refractivity contribution in [1.82, 2.24) is 14.7 Å². The van der Waals surface area contributed by atoms with Crippen molar-refractivity contribution in [3.8, 4) is 34.7 Å². The van der Waals surface area contributed by atoms with Crippen molar-refractivity contribution >= 4 is 16.9 Å². The monoisotopic (exact) mass is 458 g/mol. The molecule has 4 rings (SSSR count). The molecule has 0 saturated heterocycles. The average molecular weight is 459 g/mol. The first-order valence-corrected chi connectivity index (χ1v) is 11.2. The Balaban J connectivity index is 1.66. The first-order chi connectivity index (χ1) is 16.4. The molecule has 0 spiro atoms. The number of esters is 1. The van der Waals surface area contributed by atoms with Gasteiger partial charge in [0.25, 0.3) is 5.89 Å². The number of benzene rings is 2. The zero-order valence-corrected chi connectivity index (χ0v) is 19.7. The summed E-state index contributed by atoms with van der Waals surface area (Å²) < 4.78 is 18.3. The van der Waals surface area contributed by atoms with Gasteiger partial charge in [-0.15, -0.1) is 0 Å². The summed E-state index contributed by atoms with van der Waals surface area (Å²) in [7, 11) is 1.95. The number of fused-ring (bicyclic) bond motifs is 1. The van der Waals surface area contributed by atoms with E-state index < -0.39 is 0 Å². The summed E-state index contributed by atoms with van der Waals surface area (Å²) in [6.07, 6.45) is 2.83. The van der Waals surface area contributed by atoms with Gasteiger partial charge in [-0.2, -0.15) is 10.2 Å². The van der Waals surface area contributed by atoms with Crippen LogP contribution in [0.1, 0.15) is 38.3 Å². The van der Waals surface area contributed by atoms with Gasteiger partial charge in [-0.1, -0.05) is 11.2 Å². The molecule has 0 aliphatic heterocycles. The van der Waals surface area contributed by atoms with Crippen molar-refractivity contribution in [2.75, 3.05) is 6.61 Å². The maximum absolute atomic E-state index is 11.8. The Bertz CT molecular complexity index is 1380. The first kappa shape index (κ1) is 23.1. The van der Waals surface area contributed by atoms with Gasteiger partial charge in [0, 0.05) is 36.2 Å². The molecule has 2 aromatic heterocycles. The van der Waals surface area contributed by atoms with Gasteiger partial charge in [-0.3, -0.25) is 4.79 Å². The van der Waals surface area contributed by atoms with Gasteiger partial charge < -0.3 is 18.6 Å². The largest absolute Gasteiger partial charge is 0.490 e. The van der Waals surface area contributed by atoms with E-state index in [1.165, 1.54) is 0 Å². The summed E-state index contributed by atoms with van der Waals surface area (Å²) in [5, 5.41) is 14.7. The minimum Gasteiger partial charge on any atom is -0.490 e. The van der Waals surface area contributed by atoms with Gasteiger partial charge in [0.05, 0.1) is 23.8 Å². The van der Waals surface area contributed by atoms with Crippen molar-refractivity contribution in [3.63, 3.8) is 0 Å². The van der Waals surface area contributed by atoms with E-state index in [4.69, 9.17) is 14.0 Å². The van der Waals surface area contributed by atoms with Gasteiger partial charge >= 0.3 is 5.97 Å². The molecule has 0 aliphatic rings. The zero-order valence-electron chi connectivity index (χ0n) is 19.7. The number of aromatic nitrogens is 3. The second-order valence-corrected chi connectivity index (χ2v) is 8.18. The Hall–Kier alpha value is -4.12. The molecule has 34 heavy (non-hydrogen) atoms. The van der Waals surface area contributed by atoms with Gasteiger partial charge in [0.2, 0.25) is 5.82 Å². The Labute approximate surface area is 197 Å². The third kappa shape index (κ3) is 4.64. The van der Waals surface area contributed by atoms with E-state index in [1.807, 2.05) is 49.9 Å². The van der Waals surface area contributed by atoms with Gasteiger partial charge in [0.15, 0.2) is 0 Å². The topological polar surface area (TPSA) is 103 Å². The van der Waals surface area contributed by atoms with E-state index in [1.54, 1.807) is 25.1 Å². The van der Waals surface area contributed by atoms with E-state index in [0.29, 0.717) is 48.0 Å². The normalized spacial score (nSPS) is 11.1. The van der Waals surface area contributed by atoms with Gasteiger partial charge in [-0.05, 0) is 63.1 Å². The van der Waals surface area contributed by atoms with E-state index in [0.717, 1.165) is 22.0 Å². The van der Waals surface area contributed by atoms with Gasteiger partial charge in [0.1, 0.15) is 11.8 Å². The van der Waals surface area contributed by atoms with Crippen LogP contribution in [-0.4, -0.2) is 33.4 Å². The smallest absolute Gasteiger partial charge is 0.306 e. The quantitative estimate of drug-likeness (QED) is 0.340. The third-order valence-corrected chi connectivity index (χ3v) is 5.41. The van der Waals surface area contributed by atoms with Crippen LogP contribution in [0.4, 0.5) is 0 Å². The number of nitriles is 1. The molecule has 0 unspecified atom stereocenters. The predicted molar refractivity (Wildman–Crippen MR) is 127 cm³/mol. The number of nitrogens with zero attached hydrogens (tertiary/aromatic N) is 4. The summed E-state index contributed by atoms with van der Waals surface area (Å²) in [4.78, 5) is 16.4. The molecule has 0 bridgehead atoms. The maximum Gasteiger partial charge on any atom is 0.306 e. The molecule has 8 nitrogen and oxygen atoms in total. The molecule has 0 N–H and O–H groups in total. The van der Waals surface area contributed by atoms with Crippen molar-refractivity contribution in [3.05, 3.63) is 53.7 Å². The Morgan fingerprint density at radius 3 is 2.79 bits per heavy atom. The van der Waals surface area contributed by atoms with Crippen molar-refractivity contribution in [1.29, 1.82) is 5.26 Å². The molecule has 2 aromatic carbocycles. The molecule has 0 amide bonds. The lowest BCUT2D eigenvalue weighted by molar-refractivity contribution is -0.143. The molecule has 4 aromatic rings. The third-order valence-electron chi connectivity index (χ3n) is 5.41. The van der Waals surface area contributed by atoms with Crippen LogP contribution in [0, 0.1) is 11.3 Å². The van der Waals surface area contributed by atoms with Crippen LogP contribution in [0.15, 0.2) is 47.1 Å². The van der Waals surface area contributed by atoms with Crippen LogP contribution >= 0.6 is 0 Å². The number of aryl methyl sites for hydroxylation is 2. The molecule has 174 valence electrons. The predicted octanol–water partition coefficient (Wildman–Crippen LogP) is 5.05. The lowest BCUT2D eigenvalue weighted by atomic mass is 10.0. The number of carbonyl (C=O) groups is 1. The minimum absolute atomic E-state index is 0.0408. The number of ether oxygens (including phenoxy) is 2. The molecular formula is C26H26N4O4. The lowest BCUT2D eigenvalue weighted by Gasteiger charge is -2.11. The van der Waals surface area contributed by atoms with E-state index in [9.17, 15) is 10.1 Å².